The van der Waals surface area contributed by atoms with Crippen LogP contribution in [0.15, 0.2) is 71.1 Å². The van der Waals surface area contributed by atoms with E-state index in [2.05, 4.69) is 41.6 Å². The fraction of sp³-hybridized carbons (Fsp3) is 0.192. The number of hydrogen-bond acceptors (Lipinski definition) is 5. The van der Waals surface area contributed by atoms with Gasteiger partial charge in [0, 0.05) is 16.8 Å². The summed E-state index contributed by atoms with van der Waals surface area (Å²) in [6.07, 6.45) is 0. The number of aromatic nitrogens is 1. The van der Waals surface area contributed by atoms with Gasteiger partial charge in [0.1, 0.15) is 11.3 Å². The molecule has 33 heavy (non-hydrogen) atoms. The van der Waals surface area contributed by atoms with Crippen molar-refractivity contribution >= 4 is 40.0 Å². The van der Waals surface area contributed by atoms with Gasteiger partial charge in [-0.05, 0) is 85.2 Å². The number of carbonyl (C=O) groups is 1. The molecule has 168 valence electrons. The second-order valence-corrected chi connectivity index (χ2v) is 8.25. The number of benzene rings is 3. The van der Waals surface area contributed by atoms with Crippen LogP contribution in [0.5, 0.6) is 5.75 Å². The molecule has 0 aliphatic rings. The second-order valence-electron chi connectivity index (χ2n) is 7.84. The van der Waals surface area contributed by atoms with Crippen LogP contribution in [0.1, 0.15) is 42.6 Å². The number of oxazole rings is 1. The number of rotatable bonds is 6. The van der Waals surface area contributed by atoms with E-state index in [1.807, 2.05) is 37.3 Å². The number of anilines is 1. The van der Waals surface area contributed by atoms with Gasteiger partial charge < -0.3 is 14.5 Å². The van der Waals surface area contributed by atoms with Crippen molar-refractivity contribution in [2.24, 2.45) is 0 Å². The van der Waals surface area contributed by atoms with Crippen molar-refractivity contribution in [1.82, 2.24) is 10.3 Å². The van der Waals surface area contributed by atoms with Crippen LogP contribution in [0.4, 0.5) is 5.69 Å². The van der Waals surface area contributed by atoms with Crippen molar-refractivity contribution in [3.05, 3.63) is 77.9 Å². The minimum absolute atomic E-state index is 0.196. The molecule has 3 aromatic carbocycles. The molecule has 0 saturated heterocycles. The molecule has 0 aliphatic carbocycles. The highest BCUT2D eigenvalue weighted by atomic mass is 32.1. The summed E-state index contributed by atoms with van der Waals surface area (Å²) in [5.41, 5.74) is 4.75. The van der Waals surface area contributed by atoms with Crippen molar-refractivity contribution in [3.63, 3.8) is 0 Å². The molecule has 0 aliphatic heterocycles. The van der Waals surface area contributed by atoms with Crippen LogP contribution in [-0.2, 0) is 0 Å². The number of amides is 1. The largest absolute Gasteiger partial charge is 0.494 e. The van der Waals surface area contributed by atoms with Crippen LogP contribution < -0.4 is 15.4 Å². The smallest absolute Gasteiger partial charge is 0.257 e. The van der Waals surface area contributed by atoms with Crippen molar-refractivity contribution in [2.75, 3.05) is 11.9 Å². The van der Waals surface area contributed by atoms with Gasteiger partial charge in [-0.25, -0.2) is 4.98 Å². The van der Waals surface area contributed by atoms with Crippen LogP contribution in [0.3, 0.4) is 0 Å². The molecule has 1 amide bonds. The van der Waals surface area contributed by atoms with E-state index in [9.17, 15) is 4.79 Å². The first-order valence-corrected chi connectivity index (χ1v) is 11.2. The maximum atomic E-state index is 12.4. The van der Waals surface area contributed by atoms with Crippen molar-refractivity contribution in [3.8, 4) is 17.2 Å². The molecule has 1 heterocycles. The van der Waals surface area contributed by atoms with E-state index in [1.165, 1.54) is 5.56 Å². The minimum atomic E-state index is -0.301. The molecule has 7 heteroatoms. The van der Waals surface area contributed by atoms with E-state index in [0.29, 0.717) is 46.5 Å². The van der Waals surface area contributed by atoms with Gasteiger partial charge in [0.2, 0.25) is 5.89 Å². The highest BCUT2D eigenvalue weighted by Crippen LogP contribution is 2.27. The summed E-state index contributed by atoms with van der Waals surface area (Å²) < 4.78 is 11.3. The average Bonchev–Trinajstić information content (AvgIpc) is 3.23. The third-order valence-corrected chi connectivity index (χ3v) is 5.33. The first-order valence-electron chi connectivity index (χ1n) is 10.8. The normalized spacial score (nSPS) is 10.9. The molecule has 0 atom stereocenters. The van der Waals surface area contributed by atoms with Gasteiger partial charge in [-0.2, -0.15) is 0 Å². The SMILES string of the molecule is CCOc1ccc(C(=O)NC(=S)Nc2ccc3oc(-c4ccc(C(C)C)cc4)nc3c2)cc1. The van der Waals surface area contributed by atoms with Crippen LogP contribution in [-0.4, -0.2) is 22.6 Å². The molecule has 4 rings (SSSR count). The quantitative estimate of drug-likeness (QED) is 0.337. The number of ether oxygens (including phenoxy) is 1. The molecule has 0 bridgehead atoms. The molecular formula is C26H25N3O3S. The van der Waals surface area contributed by atoms with Gasteiger partial charge in [-0.3, -0.25) is 10.1 Å². The monoisotopic (exact) mass is 459 g/mol. The summed E-state index contributed by atoms with van der Waals surface area (Å²) in [6, 6.07) is 20.6. The zero-order valence-corrected chi connectivity index (χ0v) is 19.5. The Morgan fingerprint density at radius 3 is 2.45 bits per heavy atom. The van der Waals surface area contributed by atoms with Crippen LogP contribution >= 0.6 is 12.2 Å². The highest BCUT2D eigenvalue weighted by molar-refractivity contribution is 7.80. The third-order valence-electron chi connectivity index (χ3n) is 5.12. The van der Waals surface area contributed by atoms with E-state index in [-0.39, 0.29) is 11.0 Å². The van der Waals surface area contributed by atoms with Crippen LogP contribution in [0.2, 0.25) is 0 Å². The molecule has 1 aromatic heterocycles. The number of hydrogen-bond donors (Lipinski definition) is 2. The van der Waals surface area contributed by atoms with E-state index < -0.39 is 0 Å². The highest BCUT2D eigenvalue weighted by Gasteiger charge is 2.12. The fourth-order valence-electron chi connectivity index (χ4n) is 3.35. The summed E-state index contributed by atoms with van der Waals surface area (Å²) in [6.45, 7) is 6.80. The van der Waals surface area contributed by atoms with Crippen molar-refractivity contribution in [1.29, 1.82) is 0 Å². The molecule has 0 radical (unpaired) electrons. The Labute approximate surface area is 198 Å². The molecular weight excluding hydrogens is 434 g/mol. The molecule has 0 fully saturated rings. The first-order chi connectivity index (χ1) is 15.9. The number of thiocarbonyl (C=S) groups is 1. The number of carbonyl (C=O) groups excluding carboxylic acids is 1. The maximum absolute atomic E-state index is 12.4. The Balaban J connectivity index is 1.43. The minimum Gasteiger partial charge on any atom is -0.494 e. The molecule has 2 N–H and O–H groups in total. The summed E-state index contributed by atoms with van der Waals surface area (Å²) in [5.74, 6) is 1.44. The lowest BCUT2D eigenvalue weighted by atomic mass is 10.0. The van der Waals surface area contributed by atoms with E-state index in [4.69, 9.17) is 21.4 Å². The van der Waals surface area contributed by atoms with E-state index in [1.54, 1.807) is 24.3 Å². The van der Waals surface area contributed by atoms with Gasteiger partial charge in [0.15, 0.2) is 10.7 Å². The predicted molar refractivity (Wildman–Crippen MR) is 135 cm³/mol. The van der Waals surface area contributed by atoms with Gasteiger partial charge in [0.25, 0.3) is 5.91 Å². The number of nitrogens with one attached hydrogen (secondary N) is 2. The van der Waals surface area contributed by atoms with Gasteiger partial charge >= 0.3 is 0 Å². The second kappa shape index (κ2) is 9.83. The number of fused-ring (bicyclic) bond motifs is 1. The lowest BCUT2D eigenvalue weighted by Gasteiger charge is -2.10. The van der Waals surface area contributed by atoms with E-state index >= 15 is 0 Å². The summed E-state index contributed by atoms with van der Waals surface area (Å²) >= 11 is 5.31. The van der Waals surface area contributed by atoms with Gasteiger partial charge in [0.05, 0.1) is 6.61 Å². The van der Waals surface area contributed by atoms with Gasteiger partial charge in [-0.15, -0.1) is 0 Å². The maximum Gasteiger partial charge on any atom is 0.257 e. The summed E-state index contributed by atoms with van der Waals surface area (Å²) in [4.78, 5) is 17.1. The van der Waals surface area contributed by atoms with Crippen molar-refractivity contribution in [2.45, 2.75) is 26.7 Å². The molecule has 0 unspecified atom stereocenters. The summed E-state index contributed by atoms with van der Waals surface area (Å²) in [7, 11) is 0. The Morgan fingerprint density at radius 1 is 1.06 bits per heavy atom. The van der Waals surface area contributed by atoms with Crippen LogP contribution in [0, 0.1) is 0 Å². The predicted octanol–water partition coefficient (Wildman–Crippen LogP) is 6.14. The third kappa shape index (κ3) is 5.38. The van der Waals surface area contributed by atoms with Crippen LogP contribution in [0.25, 0.3) is 22.6 Å². The molecule has 4 aromatic rings. The Morgan fingerprint density at radius 2 is 1.79 bits per heavy atom. The molecule has 6 nitrogen and oxygen atoms in total. The standard InChI is InChI=1S/C26H25N3O3S/c1-4-31-21-12-9-18(10-13-21)24(30)29-26(33)27-20-11-14-23-22(15-20)28-25(32-23)19-7-5-17(6-8-19)16(2)3/h5-16H,4H2,1-3H3,(H2,27,29,30,33). The topological polar surface area (TPSA) is 76.4 Å². The Bertz CT molecular complexity index is 1280. The lowest BCUT2D eigenvalue weighted by molar-refractivity contribution is 0.0977. The number of nitrogens with zero attached hydrogens (tertiary/aromatic N) is 1. The Kier molecular flexibility index (Phi) is 6.70. The molecule has 0 spiro atoms. The lowest BCUT2D eigenvalue weighted by Crippen LogP contribution is -2.34. The first kappa shape index (κ1) is 22.5. The van der Waals surface area contributed by atoms with Gasteiger partial charge in [-0.1, -0.05) is 26.0 Å². The molecule has 0 saturated carbocycles. The Hall–Kier alpha value is -3.71. The van der Waals surface area contributed by atoms with E-state index in [0.717, 1.165) is 5.56 Å². The zero-order chi connectivity index (χ0) is 23.4. The fourth-order valence-corrected chi connectivity index (χ4v) is 3.56. The zero-order valence-electron chi connectivity index (χ0n) is 18.7. The average molecular weight is 460 g/mol. The van der Waals surface area contributed by atoms with Crippen molar-refractivity contribution < 1.29 is 13.9 Å². The summed E-state index contributed by atoms with van der Waals surface area (Å²) in [5, 5.41) is 5.91.